The number of amides is 1. The Kier molecular flexibility index (Phi) is 6.14. The van der Waals surface area contributed by atoms with Crippen molar-refractivity contribution < 1.29 is 4.79 Å². The molecule has 0 unspecified atom stereocenters. The number of H-pyrrole nitrogens is 1. The van der Waals surface area contributed by atoms with Crippen molar-refractivity contribution in [1.29, 1.82) is 5.26 Å². The van der Waals surface area contributed by atoms with E-state index in [2.05, 4.69) is 26.5 Å². The molecule has 1 saturated heterocycles. The van der Waals surface area contributed by atoms with E-state index in [-0.39, 0.29) is 18.5 Å². The SMILES string of the molecule is Cc1ccc(-c2n[nH]c(=S)n2CC(=O)NC2CCN(c3ccc(C#N)cc3)CC2)cc1. The number of piperidine rings is 1. The standard InChI is InChI=1S/C23H24N6OS/c1-16-2-6-18(7-3-16)22-26-27-23(31)29(22)15-21(30)25-19-10-12-28(13-11-19)20-8-4-17(14-24)5-9-20/h2-9,19H,10-13,15H2,1H3,(H,25,30)(H,27,31). The number of anilines is 1. The molecule has 0 bridgehead atoms. The number of nitrogens with zero attached hydrogens (tertiary/aromatic N) is 4. The minimum absolute atomic E-state index is 0.0670. The number of hydrogen-bond acceptors (Lipinski definition) is 5. The molecule has 2 heterocycles. The number of benzene rings is 2. The summed E-state index contributed by atoms with van der Waals surface area (Å²) < 4.78 is 2.17. The van der Waals surface area contributed by atoms with E-state index < -0.39 is 0 Å². The Morgan fingerprint density at radius 2 is 1.87 bits per heavy atom. The third-order valence-corrected chi connectivity index (χ3v) is 5.90. The molecule has 8 heteroatoms. The third-order valence-electron chi connectivity index (χ3n) is 5.59. The van der Waals surface area contributed by atoms with Gasteiger partial charge in [-0.2, -0.15) is 10.4 Å². The van der Waals surface area contributed by atoms with Gasteiger partial charge in [-0.05, 0) is 56.2 Å². The third kappa shape index (κ3) is 4.84. The lowest BCUT2D eigenvalue weighted by molar-refractivity contribution is -0.122. The molecule has 1 aromatic heterocycles. The Morgan fingerprint density at radius 1 is 1.19 bits per heavy atom. The van der Waals surface area contributed by atoms with E-state index >= 15 is 0 Å². The van der Waals surface area contributed by atoms with Gasteiger partial charge in [0.25, 0.3) is 0 Å². The number of nitrogens with one attached hydrogen (secondary N) is 2. The molecular formula is C23H24N6OS. The molecule has 0 spiro atoms. The lowest BCUT2D eigenvalue weighted by atomic mass is 10.0. The summed E-state index contributed by atoms with van der Waals surface area (Å²) in [6, 6.07) is 17.9. The van der Waals surface area contributed by atoms with Crippen LogP contribution in [0.3, 0.4) is 0 Å². The monoisotopic (exact) mass is 432 g/mol. The largest absolute Gasteiger partial charge is 0.371 e. The van der Waals surface area contributed by atoms with E-state index in [1.165, 1.54) is 0 Å². The summed E-state index contributed by atoms with van der Waals surface area (Å²) in [7, 11) is 0. The lowest BCUT2D eigenvalue weighted by Gasteiger charge is -2.34. The minimum atomic E-state index is -0.0670. The maximum absolute atomic E-state index is 12.7. The van der Waals surface area contributed by atoms with Gasteiger partial charge in [-0.3, -0.25) is 14.5 Å². The highest BCUT2D eigenvalue weighted by atomic mass is 32.1. The van der Waals surface area contributed by atoms with Crippen LogP contribution in [0.2, 0.25) is 0 Å². The summed E-state index contributed by atoms with van der Waals surface area (Å²) in [6.45, 7) is 3.88. The normalized spacial score (nSPS) is 14.3. The zero-order valence-electron chi connectivity index (χ0n) is 17.3. The van der Waals surface area contributed by atoms with Crippen LogP contribution in [0.25, 0.3) is 11.4 Å². The number of aromatic amines is 1. The number of nitriles is 1. The van der Waals surface area contributed by atoms with Gasteiger partial charge >= 0.3 is 0 Å². The Bertz CT molecular complexity index is 1150. The van der Waals surface area contributed by atoms with Crippen LogP contribution in [-0.4, -0.2) is 39.8 Å². The fourth-order valence-electron chi connectivity index (χ4n) is 3.83. The fourth-order valence-corrected chi connectivity index (χ4v) is 4.03. The molecule has 1 fully saturated rings. The van der Waals surface area contributed by atoms with Crippen molar-refractivity contribution in [2.24, 2.45) is 0 Å². The summed E-state index contributed by atoms with van der Waals surface area (Å²) >= 11 is 5.35. The highest BCUT2D eigenvalue weighted by Crippen LogP contribution is 2.21. The molecule has 0 radical (unpaired) electrons. The second-order valence-electron chi connectivity index (χ2n) is 7.79. The zero-order chi connectivity index (χ0) is 21.8. The van der Waals surface area contributed by atoms with Crippen molar-refractivity contribution >= 4 is 23.8 Å². The van der Waals surface area contributed by atoms with E-state index in [4.69, 9.17) is 17.5 Å². The molecule has 1 amide bonds. The number of aromatic nitrogens is 3. The van der Waals surface area contributed by atoms with Gasteiger partial charge < -0.3 is 10.2 Å². The van der Waals surface area contributed by atoms with Crippen molar-refractivity contribution in [2.45, 2.75) is 32.4 Å². The number of aryl methyl sites for hydroxylation is 1. The van der Waals surface area contributed by atoms with Crippen molar-refractivity contribution in [3.63, 3.8) is 0 Å². The molecule has 1 aliphatic heterocycles. The van der Waals surface area contributed by atoms with E-state index in [1.807, 2.05) is 55.5 Å². The quantitative estimate of drug-likeness (QED) is 0.602. The first-order valence-electron chi connectivity index (χ1n) is 10.3. The molecule has 2 N–H and O–H groups in total. The van der Waals surface area contributed by atoms with Crippen LogP contribution in [0, 0.1) is 23.0 Å². The topological polar surface area (TPSA) is 89.7 Å². The maximum Gasteiger partial charge on any atom is 0.240 e. The van der Waals surface area contributed by atoms with Crippen molar-refractivity contribution in [2.75, 3.05) is 18.0 Å². The van der Waals surface area contributed by atoms with Crippen LogP contribution >= 0.6 is 12.2 Å². The minimum Gasteiger partial charge on any atom is -0.371 e. The fraction of sp³-hybridized carbons (Fsp3) is 0.304. The summed E-state index contributed by atoms with van der Waals surface area (Å²) in [5.74, 6) is 0.596. The number of rotatable bonds is 5. The first-order chi connectivity index (χ1) is 15.0. The maximum atomic E-state index is 12.7. The number of hydrogen-bond donors (Lipinski definition) is 2. The van der Waals surface area contributed by atoms with E-state index in [1.54, 1.807) is 4.57 Å². The van der Waals surface area contributed by atoms with Crippen LogP contribution in [0.5, 0.6) is 0 Å². The first-order valence-corrected chi connectivity index (χ1v) is 10.7. The molecule has 4 rings (SSSR count). The highest BCUT2D eigenvalue weighted by Gasteiger charge is 2.22. The molecule has 2 aromatic carbocycles. The molecule has 158 valence electrons. The summed E-state index contributed by atoms with van der Waals surface area (Å²) in [5, 5.41) is 19.2. The molecule has 31 heavy (non-hydrogen) atoms. The van der Waals surface area contributed by atoms with Crippen LogP contribution in [0.1, 0.15) is 24.0 Å². The second-order valence-corrected chi connectivity index (χ2v) is 8.18. The summed E-state index contributed by atoms with van der Waals surface area (Å²) in [6.07, 6.45) is 1.74. The van der Waals surface area contributed by atoms with Crippen LogP contribution in [0.4, 0.5) is 5.69 Å². The number of carbonyl (C=O) groups excluding carboxylic acids is 1. The Morgan fingerprint density at radius 3 is 2.52 bits per heavy atom. The van der Waals surface area contributed by atoms with Gasteiger partial charge in [0, 0.05) is 30.4 Å². The highest BCUT2D eigenvalue weighted by molar-refractivity contribution is 7.71. The smallest absolute Gasteiger partial charge is 0.240 e. The van der Waals surface area contributed by atoms with Gasteiger partial charge in [-0.25, -0.2) is 0 Å². The molecule has 3 aromatic rings. The van der Waals surface area contributed by atoms with Crippen molar-refractivity contribution in [3.05, 3.63) is 64.4 Å². The summed E-state index contributed by atoms with van der Waals surface area (Å²) in [5.41, 5.74) is 3.85. The second kappa shape index (κ2) is 9.14. The van der Waals surface area contributed by atoms with Gasteiger partial charge in [0.15, 0.2) is 10.6 Å². The van der Waals surface area contributed by atoms with Gasteiger partial charge in [0.1, 0.15) is 6.54 Å². The van der Waals surface area contributed by atoms with Crippen molar-refractivity contribution in [3.8, 4) is 17.5 Å². The van der Waals surface area contributed by atoms with Crippen molar-refractivity contribution in [1.82, 2.24) is 20.1 Å². The first kappa shape index (κ1) is 20.8. The van der Waals surface area contributed by atoms with Crippen LogP contribution < -0.4 is 10.2 Å². The van der Waals surface area contributed by atoms with E-state index in [0.29, 0.717) is 16.2 Å². The molecule has 0 saturated carbocycles. The molecular weight excluding hydrogens is 408 g/mol. The van der Waals surface area contributed by atoms with Crippen LogP contribution in [0.15, 0.2) is 48.5 Å². The average molecular weight is 433 g/mol. The predicted molar refractivity (Wildman–Crippen MR) is 122 cm³/mol. The predicted octanol–water partition coefficient (Wildman–Crippen LogP) is 3.57. The van der Waals surface area contributed by atoms with Gasteiger partial charge in [0.05, 0.1) is 11.6 Å². The molecule has 7 nitrogen and oxygen atoms in total. The molecule has 1 aliphatic rings. The molecule has 0 aliphatic carbocycles. The zero-order valence-corrected chi connectivity index (χ0v) is 18.2. The summed E-state index contributed by atoms with van der Waals surface area (Å²) in [4.78, 5) is 15.0. The average Bonchev–Trinajstić information content (AvgIpc) is 3.15. The Balaban J connectivity index is 1.35. The van der Waals surface area contributed by atoms with Gasteiger partial charge in [0.2, 0.25) is 5.91 Å². The number of carbonyl (C=O) groups is 1. The van der Waals surface area contributed by atoms with Crippen LogP contribution in [-0.2, 0) is 11.3 Å². The lowest BCUT2D eigenvalue weighted by Crippen LogP contribution is -2.45. The van der Waals surface area contributed by atoms with E-state index in [0.717, 1.165) is 42.7 Å². The molecule has 0 atom stereocenters. The Labute approximate surface area is 186 Å². The van der Waals surface area contributed by atoms with Gasteiger partial charge in [-0.1, -0.05) is 29.8 Å². The van der Waals surface area contributed by atoms with E-state index in [9.17, 15) is 4.79 Å². The van der Waals surface area contributed by atoms with Gasteiger partial charge in [-0.15, -0.1) is 0 Å². The Hall–Kier alpha value is -3.44.